The number of carbonyl (C=O) groups excluding carboxylic acids is 4. The summed E-state index contributed by atoms with van der Waals surface area (Å²) in [7, 11) is 0. The maximum Gasteiger partial charge on any atom is 0.418 e. The number of carbonyl (C=O) groups is 4. The molecule has 7 nitrogen and oxygen atoms in total. The van der Waals surface area contributed by atoms with E-state index in [1.807, 2.05) is 5.32 Å². The number of rotatable bonds is 6. The molecule has 1 aliphatic heterocycles. The second-order valence-corrected chi connectivity index (χ2v) is 8.28. The van der Waals surface area contributed by atoms with E-state index in [9.17, 15) is 32.3 Å². The number of nitrogens with zero attached hydrogens (tertiary/aromatic N) is 1. The van der Waals surface area contributed by atoms with Crippen LogP contribution in [0.25, 0.3) is 0 Å². The van der Waals surface area contributed by atoms with Crippen molar-refractivity contribution < 1.29 is 37.1 Å². The number of nitrogens with one attached hydrogen (secondary N) is 1. The highest BCUT2D eigenvalue weighted by molar-refractivity contribution is 6.55. The maximum absolute atomic E-state index is 13.0. The molecular formula is C20H11Cl4F3N2O5. The minimum Gasteiger partial charge on any atom is -0.456 e. The summed E-state index contributed by atoms with van der Waals surface area (Å²) in [6.45, 7) is -1.35. The van der Waals surface area contributed by atoms with Gasteiger partial charge >= 0.3 is 12.1 Å². The Morgan fingerprint density at radius 2 is 1.44 bits per heavy atom. The lowest BCUT2D eigenvalue weighted by atomic mass is 10.1. The molecule has 0 bridgehead atoms. The number of benzene rings is 2. The summed E-state index contributed by atoms with van der Waals surface area (Å²) in [5.41, 5.74) is -2.10. The molecule has 1 heterocycles. The number of amides is 3. The monoisotopic (exact) mass is 556 g/mol. The Morgan fingerprint density at radius 3 is 1.97 bits per heavy atom. The van der Waals surface area contributed by atoms with Crippen molar-refractivity contribution in [3.8, 4) is 0 Å². The Labute approximate surface area is 209 Å². The summed E-state index contributed by atoms with van der Waals surface area (Å²) in [6, 6.07) is 4.26. The topological polar surface area (TPSA) is 92.8 Å². The van der Waals surface area contributed by atoms with E-state index < -0.39 is 60.7 Å². The number of imide groups is 1. The number of halogens is 7. The van der Waals surface area contributed by atoms with E-state index in [1.165, 1.54) is 6.07 Å². The van der Waals surface area contributed by atoms with Gasteiger partial charge in [0, 0.05) is 6.54 Å². The molecule has 2 aromatic carbocycles. The molecule has 0 spiro atoms. The lowest BCUT2D eigenvalue weighted by Gasteiger charge is -2.14. The Morgan fingerprint density at radius 1 is 0.912 bits per heavy atom. The second kappa shape index (κ2) is 9.99. The average molecular weight is 558 g/mol. The number of ether oxygens (including phenoxy) is 1. The Hall–Kier alpha value is -2.53. The fourth-order valence-electron chi connectivity index (χ4n) is 3.05. The Balaban J connectivity index is 1.59. The number of esters is 1. The van der Waals surface area contributed by atoms with Gasteiger partial charge < -0.3 is 10.1 Å². The first-order chi connectivity index (χ1) is 15.8. The lowest BCUT2D eigenvalue weighted by molar-refractivity contribution is -0.147. The van der Waals surface area contributed by atoms with Crippen LogP contribution in [-0.2, 0) is 20.5 Å². The summed E-state index contributed by atoms with van der Waals surface area (Å²) in [6.07, 6.45) is -5.22. The SMILES string of the molecule is O=C(COC(=O)CCN1C(=O)c2c(Cl)c(Cl)c(Cl)c(Cl)c2C1=O)Nc1ccccc1C(F)(F)F. The van der Waals surface area contributed by atoms with Crippen molar-refractivity contribution in [3.05, 3.63) is 61.0 Å². The first kappa shape index (κ1) is 26.1. The van der Waals surface area contributed by atoms with Crippen LogP contribution in [0.5, 0.6) is 0 Å². The van der Waals surface area contributed by atoms with Crippen LogP contribution in [0, 0.1) is 0 Å². The van der Waals surface area contributed by atoms with Crippen molar-refractivity contribution in [2.24, 2.45) is 0 Å². The van der Waals surface area contributed by atoms with Gasteiger partial charge in [-0.3, -0.25) is 24.1 Å². The van der Waals surface area contributed by atoms with Crippen LogP contribution in [0.15, 0.2) is 24.3 Å². The van der Waals surface area contributed by atoms with Gasteiger partial charge in [-0.1, -0.05) is 58.5 Å². The standard InChI is InChI=1S/C20H11Cl4F3N2O5/c21-14-12-13(15(22)17(24)16(14)23)19(33)29(18(12)32)6-5-11(31)34-7-10(30)28-9-4-2-1-3-8(9)20(25,26)27/h1-4H,5-7H2,(H,28,30). The van der Waals surface area contributed by atoms with Gasteiger partial charge in [0.2, 0.25) is 0 Å². The van der Waals surface area contributed by atoms with Crippen molar-refractivity contribution in [1.82, 2.24) is 4.90 Å². The summed E-state index contributed by atoms with van der Waals surface area (Å²) in [5.74, 6) is -3.74. The van der Waals surface area contributed by atoms with Crippen molar-refractivity contribution in [2.45, 2.75) is 12.6 Å². The van der Waals surface area contributed by atoms with Gasteiger partial charge in [0.15, 0.2) is 6.61 Å². The number of para-hydroxylation sites is 1. The highest BCUT2D eigenvalue weighted by atomic mass is 35.5. The highest BCUT2D eigenvalue weighted by Gasteiger charge is 2.41. The molecule has 1 aliphatic rings. The molecule has 1 N–H and O–H groups in total. The molecule has 0 fully saturated rings. The van der Waals surface area contributed by atoms with E-state index in [0.29, 0.717) is 4.90 Å². The Kier molecular flexibility index (Phi) is 7.66. The average Bonchev–Trinajstić information content (AvgIpc) is 3.02. The van der Waals surface area contributed by atoms with E-state index in [0.717, 1.165) is 18.2 Å². The smallest absolute Gasteiger partial charge is 0.418 e. The van der Waals surface area contributed by atoms with E-state index in [2.05, 4.69) is 0 Å². The minimum atomic E-state index is -4.70. The zero-order chi connectivity index (χ0) is 25.4. The molecule has 180 valence electrons. The van der Waals surface area contributed by atoms with Gasteiger partial charge in [-0.2, -0.15) is 13.2 Å². The fraction of sp³-hybridized carbons (Fsp3) is 0.200. The lowest BCUT2D eigenvalue weighted by Crippen LogP contribution is -2.32. The number of hydrogen-bond donors (Lipinski definition) is 1. The minimum absolute atomic E-state index is 0.215. The summed E-state index contributed by atoms with van der Waals surface area (Å²) in [4.78, 5) is 49.8. The van der Waals surface area contributed by atoms with Crippen molar-refractivity contribution in [3.63, 3.8) is 0 Å². The Bertz CT molecular complexity index is 1170. The molecule has 0 aliphatic carbocycles. The normalized spacial score (nSPS) is 13.2. The quantitative estimate of drug-likeness (QED) is 0.219. The van der Waals surface area contributed by atoms with Crippen LogP contribution in [0.4, 0.5) is 18.9 Å². The number of hydrogen-bond acceptors (Lipinski definition) is 5. The number of fused-ring (bicyclic) bond motifs is 1. The van der Waals surface area contributed by atoms with Crippen LogP contribution >= 0.6 is 46.4 Å². The van der Waals surface area contributed by atoms with Gasteiger partial charge in [-0.15, -0.1) is 0 Å². The number of alkyl halides is 3. The predicted molar refractivity (Wildman–Crippen MR) is 117 cm³/mol. The second-order valence-electron chi connectivity index (χ2n) is 6.77. The van der Waals surface area contributed by atoms with Crippen LogP contribution in [-0.4, -0.2) is 41.7 Å². The first-order valence-electron chi connectivity index (χ1n) is 9.18. The van der Waals surface area contributed by atoms with E-state index in [-0.39, 0.29) is 31.2 Å². The fourth-order valence-corrected chi connectivity index (χ4v) is 4.06. The molecule has 34 heavy (non-hydrogen) atoms. The largest absolute Gasteiger partial charge is 0.456 e. The third-order valence-corrected chi connectivity index (χ3v) is 6.40. The molecule has 3 amide bonds. The van der Waals surface area contributed by atoms with E-state index in [1.54, 1.807) is 0 Å². The maximum atomic E-state index is 13.0. The summed E-state index contributed by atoms with van der Waals surface area (Å²) < 4.78 is 43.7. The zero-order valence-corrected chi connectivity index (χ0v) is 19.6. The zero-order valence-electron chi connectivity index (χ0n) is 16.6. The molecule has 14 heteroatoms. The summed E-state index contributed by atoms with van der Waals surface area (Å²) >= 11 is 23.9. The van der Waals surface area contributed by atoms with Crippen molar-refractivity contribution >= 4 is 75.8 Å². The molecule has 0 aromatic heterocycles. The van der Waals surface area contributed by atoms with E-state index in [4.69, 9.17) is 51.1 Å². The molecular weight excluding hydrogens is 547 g/mol. The van der Waals surface area contributed by atoms with Gasteiger partial charge in [-0.25, -0.2) is 0 Å². The summed E-state index contributed by atoms with van der Waals surface area (Å²) in [5, 5.41) is 1.03. The van der Waals surface area contributed by atoms with Gasteiger partial charge in [0.05, 0.1) is 48.9 Å². The highest BCUT2D eigenvalue weighted by Crippen LogP contribution is 2.44. The van der Waals surface area contributed by atoms with Crippen LogP contribution < -0.4 is 5.32 Å². The van der Waals surface area contributed by atoms with Crippen molar-refractivity contribution in [2.75, 3.05) is 18.5 Å². The number of anilines is 1. The molecule has 0 radical (unpaired) electrons. The molecule has 0 saturated heterocycles. The van der Waals surface area contributed by atoms with Crippen LogP contribution in [0.1, 0.15) is 32.7 Å². The van der Waals surface area contributed by atoms with Gasteiger partial charge in [0.1, 0.15) is 0 Å². The van der Waals surface area contributed by atoms with Crippen molar-refractivity contribution in [1.29, 1.82) is 0 Å². The van der Waals surface area contributed by atoms with Gasteiger partial charge in [0.25, 0.3) is 17.7 Å². The van der Waals surface area contributed by atoms with Gasteiger partial charge in [-0.05, 0) is 12.1 Å². The first-order valence-corrected chi connectivity index (χ1v) is 10.7. The molecule has 3 rings (SSSR count). The van der Waals surface area contributed by atoms with Crippen LogP contribution in [0.2, 0.25) is 20.1 Å². The molecule has 2 aromatic rings. The molecule has 0 saturated carbocycles. The predicted octanol–water partition coefficient (Wildman–Crippen LogP) is 5.49. The molecule has 0 unspecified atom stereocenters. The third kappa shape index (κ3) is 5.10. The van der Waals surface area contributed by atoms with E-state index >= 15 is 0 Å². The third-order valence-electron chi connectivity index (χ3n) is 4.60. The van der Waals surface area contributed by atoms with Crippen LogP contribution in [0.3, 0.4) is 0 Å². The molecule has 0 atom stereocenters.